The summed E-state index contributed by atoms with van der Waals surface area (Å²) in [6.07, 6.45) is 5.36. The van der Waals surface area contributed by atoms with Gasteiger partial charge >= 0.3 is 12.0 Å². The second kappa shape index (κ2) is 9.67. The lowest BCUT2D eigenvalue weighted by Gasteiger charge is -2.27. The Kier molecular flexibility index (Phi) is 6.29. The first-order chi connectivity index (χ1) is 16.6. The van der Waals surface area contributed by atoms with Gasteiger partial charge < -0.3 is 20.2 Å². The lowest BCUT2D eigenvalue weighted by Crippen LogP contribution is -2.36. The molecule has 0 aliphatic carbocycles. The summed E-state index contributed by atoms with van der Waals surface area (Å²) in [7, 11) is 0. The zero-order valence-electron chi connectivity index (χ0n) is 19.1. The van der Waals surface area contributed by atoms with Crippen LogP contribution >= 0.6 is 0 Å². The zero-order chi connectivity index (χ0) is 23.5. The van der Waals surface area contributed by atoms with Gasteiger partial charge in [0.15, 0.2) is 0 Å². The molecule has 1 fully saturated rings. The molecule has 8 heteroatoms. The van der Waals surface area contributed by atoms with Gasteiger partial charge in [-0.3, -0.25) is 9.78 Å². The number of carboxylic acids is 1. The predicted octanol–water partition coefficient (Wildman–Crippen LogP) is 3.87. The lowest BCUT2D eigenvalue weighted by molar-refractivity contribution is -0.138. The fourth-order valence-electron chi connectivity index (χ4n) is 4.90. The van der Waals surface area contributed by atoms with Crippen LogP contribution in [0.4, 0.5) is 10.6 Å². The number of para-hydroxylation sites is 1. The Labute approximate surface area is 198 Å². The molecular weight excluding hydrogens is 430 g/mol. The van der Waals surface area contributed by atoms with E-state index >= 15 is 0 Å². The number of nitrogens with one attached hydrogen (secondary N) is 1. The summed E-state index contributed by atoms with van der Waals surface area (Å²) in [6, 6.07) is 13.2. The summed E-state index contributed by atoms with van der Waals surface area (Å²) in [5.74, 6) is 0.0594. The molecule has 34 heavy (non-hydrogen) atoms. The number of hydrogen-bond acceptors (Lipinski definition) is 5. The molecule has 4 heterocycles. The van der Waals surface area contributed by atoms with E-state index in [1.807, 2.05) is 35.2 Å². The number of pyridine rings is 2. The molecule has 5 rings (SSSR count). The first kappa shape index (κ1) is 22.1. The fourth-order valence-corrected chi connectivity index (χ4v) is 4.90. The van der Waals surface area contributed by atoms with Crippen molar-refractivity contribution in [2.24, 2.45) is 0 Å². The first-order valence-corrected chi connectivity index (χ1v) is 11.9. The highest BCUT2D eigenvalue weighted by Gasteiger charge is 2.35. The van der Waals surface area contributed by atoms with Crippen molar-refractivity contribution in [3.63, 3.8) is 0 Å². The standard InChI is InChI=1S/C26H29N5O3/c32-24(33)16-23(20-15-19-5-1-2-8-22(19)28-17-20)31-14-13-30(26(31)34)12-4-7-21-10-9-18-6-3-11-27-25(18)29-21/h1-2,5,8-10,15,17,23H,3-4,6-7,11-14,16H2,(H,27,29)(H,32,33). The second-order valence-electron chi connectivity index (χ2n) is 8.98. The largest absolute Gasteiger partial charge is 0.481 e. The highest BCUT2D eigenvalue weighted by Crippen LogP contribution is 2.30. The lowest BCUT2D eigenvalue weighted by atomic mass is 10.0. The number of carbonyl (C=O) groups is 2. The summed E-state index contributed by atoms with van der Waals surface area (Å²) in [6.45, 7) is 2.68. The van der Waals surface area contributed by atoms with Crippen LogP contribution in [0.15, 0.2) is 48.7 Å². The monoisotopic (exact) mass is 459 g/mol. The molecule has 1 unspecified atom stereocenters. The quantitative estimate of drug-likeness (QED) is 0.531. The van der Waals surface area contributed by atoms with Crippen LogP contribution in [0.5, 0.6) is 0 Å². The molecule has 2 aliphatic rings. The number of aryl methyl sites for hydroxylation is 2. The molecule has 0 bridgehead atoms. The summed E-state index contributed by atoms with van der Waals surface area (Å²) >= 11 is 0. The molecule has 2 aromatic heterocycles. The Morgan fingerprint density at radius 3 is 2.94 bits per heavy atom. The van der Waals surface area contributed by atoms with E-state index in [2.05, 4.69) is 22.4 Å². The number of hydrogen-bond donors (Lipinski definition) is 2. The first-order valence-electron chi connectivity index (χ1n) is 11.9. The van der Waals surface area contributed by atoms with Crippen molar-refractivity contribution < 1.29 is 14.7 Å². The minimum absolute atomic E-state index is 0.112. The van der Waals surface area contributed by atoms with E-state index in [0.717, 1.165) is 60.2 Å². The van der Waals surface area contributed by atoms with E-state index < -0.39 is 12.0 Å². The van der Waals surface area contributed by atoms with Gasteiger partial charge in [-0.05, 0) is 55.0 Å². The van der Waals surface area contributed by atoms with Crippen molar-refractivity contribution in [3.05, 3.63) is 65.5 Å². The molecule has 1 saturated heterocycles. The third-order valence-corrected chi connectivity index (χ3v) is 6.68. The summed E-state index contributed by atoms with van der Waals surface area (Å²) in [4.78, 5) is 37.6. The van der Waals surface area contributed by atoms with Crippen LogP contribution in [0.3, 0.4) is 0 Å². The van der Waals surface area contributed by atoms with Crippen molar-refractivity contribution >= 4 is 28.7 Å². The Hall–Kier alpha value is -3.68. The Bertz CT molecular complexity index is 1210. The molecule has 2 aliphatic heterocycles. The second-order valence-corrected chi connectivity index (χ2v) is 8.98. The van der Waals surface area contributed by atoms with Gasteiger partial charge in [-0.2, -0.15) is 0 Å². The molecule has 2 amide bonds. The van der Waals surface area contributed by atoms with Crippen LogP contribution in [0.2, 0.25) is 0 Å². The number of amides is 2. The minimum atomic E-state index is -0.934. The van der Waals surface area contributed by atoms with Gasteiger partial charge in [0.05, 0.1) is 18.0 Å². The molecule has 2 N–H and O–H groups in total. The zero-order valence-corrected chi connectivity index (χ0v) is 19.1. The molecule has 1 aromatic carbocycles. The number of nitrogens with zero attached hydrogens (tertiary/aromatic N) is 4. The van der Waals surface area contributed by atoms with Gasteiger partial charge in [-0.15, -0.1) is 0 Å². The number of aromatic nitrogens is 2. The number of rotatable bonds is 8. The Morgan fingerprint density at radius 2 is 2.06 bits per heavy atom. The number of carbonyl (C=O) groups excluding carboxylic acids is 1. The third kappa shape index (κ3) is 4.66. The van der Waals surface area contributed by atoms with E-state index in [9.17, 15) is 14.7 Å². The summed E-state index contributed by atoms with van der Waals surface area (Å²) in [5, 5.41) is 13.8. The average molecular weight is 460 g/mol. The highest BCUT2D eigenvalue weighted by atomic mass is 16.4. The molecule has 1 atom stereocenters. The van der Waals surface area contributed by atoms with Gasteiger partial charge in [0, 0.05) is 43.5 Å². The molecule has 0 spiro atoms. The summed E-state index contributed by atoms with van der Waals surface area (Å²) < 4.78 is 0. The molecule has 176 valence electrons. The maximum absolute atomic E-state index is 13.2. The SMILES string of the molecule is O=C(O)CC(c1cnc2ccccc2c1)N1CCN(CCCc2ccc3c(n2)NCCC3)C1=O. The number of aliphatic carboxylic acids is 1. The van der Waals surface area contributed by atoms with Gasteiger partial charge in [0.25, 0.3) is 0 Å². The third-order valence-electron chi connectivity index (χ3n) is 6.68. The molecule has 0 radical (unpaired) electrons. The van der Waals surface area contributed by atoms with E-state index in [4.69, 9.17) is 4.98 Å². The number of anilines is 1. The summed E-state index contributed by atoms with van der Waals surface area (Å²) in [5.41, 5.74) is 3.90. The van der Waals surface area contributed by atoms with Gasteiger partial charge in [0.2, 0.25) is 0 Å². The smallest absolute Gasteiger partial charge is 0.320 e. The Morgan fingerprint density at radius 1 is 1.18 bits per heavy atom. The molecule has 3 aromatic rings. The van der Waals surface area contributed by atoms with E-state index in [1.54, 1.807) is 11.1 Å². The molecular formula is C26H29N5O3. The Balaban J connectivity index is 1.24. The fraction of sp³-hybridized carbons (Fsp3) is 0.385. The van der Waals surface area contributed by atoms with Crippen LogP contribution < -0.4 is 5.32 Å². The van der Waals surface area contributed by atoms with Crippen molar-refractivity contribution in [1.29, 1.82) is 0 Å². The van der Waals surface area contributed by atoms with Gasteiger partial charge in [-0.25, -0.2) is 9.78 Å². The molecule has 0 saturated carbocycles. The van der Waals surface area contributed by atoms with Crippen LogP contribution in [-0.2, 0) is 17.6 Å². The average Bonchev–Trinajstić information content (AvgIpc) is 3.22. The van der Waals surface area contributed by atoms with Crippen LogP contribution in [0.1, 0.15) is 42.1 Å². The number of carboxylic acid groups (broad SMARTS) is 1. The maximum Gasteiger partial charge on any atom is 0.320 e. The number of benzene rings is 1. The van der Waals surface area contributed by atoms with Crippen molar-refractivity contribution in [1.82, 2.24) is 19.8 Å². The van der Waals surface area contributed by atoms with Crippen molar-refractivity contribution in [2.45, 2.75) is 38.1 Å². The van der Waals surface area contributed by atoms with Gasteiger partial charge in [-0.1, -0.05) is 24.3 Å². The predicted molar refractivity (Wildman–Crippen MR) is 130 cm³/mol. The minimum Gasteiger partial charge on any atom is -0.481 e. The van der Waals surface area contributed by atoms with Crippen molar-refractivity contribution in [2.75, 3.05) is 31.5 Å². The topological polar surface area (TPSA) is 98.7 Å². The molecule has 8 nitrogen and oxygen atoms in total. The van der Waals surface area contributed by atoms with E-state index in [1.165, 1.54) is 5.56 Å². The van der Waals surface area contributed by atoms with Crippen LogP contribution in [0.25, 0.3) is 10.9 Å². The maximum atomic E-state index is 13.2. The number of fused-ring (bicyclic) bond motifs is 2. The van der Waals surface area contributed by atoms with Crippen LogP contribution in [0, 0.1) is 0 Å². The van der Waals surface area contributed by atoms with Crippen LogP contribution in [-0.4, -0.2) is 63.1 Å². The normalized spacial score (nSPS) is 16.4. The van der Waals surface area contributed by atoms with E-state index in [0.29, 0.717) is 19.6 Å². The number of urea groups is 1. The highest BCUT2D eigenvalue weighted by molar-refractivity contribution is 5.81. The van der Waals surface area contributed by atoms with E-state index in [-0.39, 0.29) is 12.5 Å². The van der Waals surface area contributed by atoms with Crippen molar-refractivity contribution in [3.8, 4) is 0 Å². The van der Waals surface area contributed by atoms with Gasteiger partial charge in [0.1, 0.15) is 5.82 Å².